The van der Waals surface area contributed by atoms with E-state index < -0.39 is 6.10 Å². The summed E-state index contributed by atoms with van der Waals surface area (Å²) in [7, 11) is 1.64. The Morgan fingerprint density at radius 3 is 2.25 bits per heavy atom. The molecule has 0 amide bonds. The van der Waals surface area contributed by atoms with Gasteiger partial charge in [-0.05, 0) is 30.2 Å². The number of fused-ring (bicyclic) bond motifs is 1. The molecule has 1 atom stereocenters. The Balaban J connectivity index is 2.00. The van der Waals surface area contributed by atoms with Gasteiger partial charge in [-0.15, -0.1) is 0 Å². The maximum absolute atomic E-state index is 10.1. The lowest BCUT2D eigenvalue weighted by atomic mass is 10.1. The predicted molar refractivity (Wildman–Crippen MR) is 80.0 cm³/mol. The molecule has 20 heavy (non-hydrogen) atoms. The lowest BCUT2D eigenvalue weighted by Gasteiger charge is -2.24. The van der Waals surface area contributed by atoms with Crippen molar-refractivity contribution in [2.45, 2.75) is 26.1 Å². The number of nitrogens with zero attached hydrogens (tertiary/aromatic N) is 1. The van der Waals surface area contributed by atoms with E-state index in [2.05, 4.69) is 35.2 Å². The third-order valence-electron chi connectivity index (χ3n) is 3.86. The van der Waals surface area contributed by atoms with Gasteiger partial charge in [-0.2, -0.15) is 0 Å². The van der Waals surface area contributed by atoms with Crippen molar-refractivity contribution in [2.24, 2.45) is 0 Å². The summed E-state index contributed by atoms with van der Waals surface area (Å²) in [5.74, 6) is 0.744. The van der Waals surface area contributed by atoms with E-state index in [0.717, 1.165) is 30.1 Å². The second kappa shape index (κ2) is 5.17. The largest absolute Gasteiger partial charge is 0.496 e. The maximum Gasteiger partial charge on any atom is 0.126 e. The summed E-state index contributed by atoms with van der Waals surface area (Å²) >= 11 is 0. The lowest BCUT2D eigenvalue weighted by molar-refractivity contribution is 0.194. The standard InChI is InChI=1S/C17H19NO2/c1-12(19)17-15(8-5-9-16(17)20-2)18-10-13-6-3-4-7-14(13)11-18/h3-9,12,19H,10-11H2,1-2H3/t12-/m1/s1. The van der Waals surface area contributed by atoms with E-state index in [1.807, 2.05) is 12.1 Å². The van der Waals surface area contributed by atoms with Crippen LogP contribution in [0.3, 0.4) is 0 Å². The fourth-order valence-electron chi connectivity index (χ4n) is 2.91. The molecule has 3 nitrogen and oxygen atoms in total. The van der Waals surface area contributed by atoms with Crippen molar-refractivity contribution < 1.29 is 9.84 Å². The molecule has 0 radical (unpaired) electrons. The van der Waals surface area contributed by atoms with E-state index in [1.54, 1.807) is 14.0 Å². The maximum atomic E-state index is 10.1. The molecule has 0 fully saturated rings. The summed E-state index contributed by atoms with van der Waals surface area (Å²) in [5.41, 5.74) is 4.62. The van der Waals surface area contributed by atoms with Crippen molar-refractivity contribution in [3.8, 4) is 5.75 Å². The molecule has 0 saturated carbocycles. The van der Waals surface area contributed by atoms with Crippen LogP contribution in [0.5, 0.6) is 5.75 Å². The van der Waals surface area contributed by atoms with Gasteiger partial charge in [0.1, 0.15) is 5.75 Å². The quantitative estimate of drug-likeness (QED) is 0.928. The lowest BCUT2D eigenvalue weighted by Crippen LogP contribution is -2.17. The summed E-state index contributed by atoms with van der Waals surface area (Å²) in [6, 6.07) is 14.4. The number of hydrogen-bond acceptors (Lipinski definition) is 3. The van der Waals surface area contributed by atoms with Gasteiger partial charge in [0.15, 0.2) is 0 Å². The van der Waals surface area contributed by atoms with Gasteiger partial charge in [0, 0.05) is 24.3 Å². The normalized spacial score (nSPS) is 15.1. The molecular weight excluding hydrogens is 250 g/mol. The van der Waals surface area contributed by atoms with Gasteiger partial charge in [-0.1, -0.05) is 30.3 Å². The molecule has 104 valence electrons. The van der Waals surface area contributed by atoms with E-state index in [-0.39, 0.29) is 0 Å². The van der Waals surface area contributed by atoms with Crippen LogP contribution >= 0.6 is 0 Å². The number of methoxy groups -OCH3 is 1. The highest BCUT2D eigenvalue weighted by Gasteiger charge is 2.23. The van der Waals surface area contributed by atoms with Crippen molar-refractivity contribution in [3.05, 3.63) is 59.2 Å². The fourth-order valence-corrected chi connectivity index (χ4v) is 2.91. The second-order valence-corrected chi connectivity index (χ2v) is 5.19. The van der Waals surface area contributed by atoms with E-state index in [9.17, 15) is 5.11 Å². The van der Waals surface area contributed by atoms with Crippen LogP contribution in [0.2, 0.25) is 0 Å². The molecule has 0 aromatic heterocycles. The van der Waals surface area contributed by atoms with Crippen molar-refractivity contribution >= 4 is 5.69 Å². The third kappa shape index (κ3) is 2.14. The van der Waals surface area contributed by atoms with Gasteiger partial charge < -0.3 is 14.7 Å². The molecule has 1 aliphatic heterocycles. The van der Waals surface area contributed by atoms with Crippen LogP contribution in [0.15, 0.2) is 42.5 Å². The first-order valence-corrected chi connectivity index (χ1v) is 6.87. The van der Waals surface area contributed by atoms with Gasteiger partial charge in [-0.25, -0.2) is 0 Å². The SMILES string of the molecule is COc1cccc(N2Cc3ccccc3C2)c1[C@@H](C)O. The molecule has 2 aromatic rings. The zero-order valence-corrected chi connectivity index (χ0v) is 11.8. The molecule has 1 N–H and O–H groups in total. The molecule has 2 aromatic carbocycles. The molecule has 1 heterocycles. The smallest absolute Gasteiger partial charge is 0.126 e. The third-order valence-corrected chi connectivity index (χ3v) is 3.86. The Bertz CT molecular complexity index is 597. The molecule has 3 rings (SSSR count). The molecular formula is C17H19NO2. The number of anilines is 1. The molecule has 0 bridgehead atoms. The zero-order valence-electron chi connectivity index (χ0n) is 11.8. The van der Waals surface area contributed by atoms with Gasteiger partial charge in [0.05, 0.1) is 13.2 Å². The molecule has 0 saturated heterocycles. The van der Waals surface area contributed by atoms with Crippen LogP contribution in [0.4, 0.5) is 5.69 Å². The Labute approximate surface area is 119 Å². The number of aliphatic hydroxyl groups is 1. The average Bonchev–Trinajstić information content (AvgIpc) is 2.90. The molecule has 1 aliphatic rings. The average molecular weight is 269 g/mol. The Kier molecular flexibility index (Phi) is 3.36. The van der Waals surface area contributed by atoms with Crippen molar-refractivity contribution in [2.75, 3.05) is 12.0 Å². The van der Waals surface area contributed by atoms with Crippen LogP contribution in [-0.4, -0.2) is 12.2 Å². The van der Waals surface area contributed by atoms with Crippen molar-refractivity contribution in [1.29, 1.82) is 0 Å². The summed E-state index contributed by atoms with van der Waals surface area (Å²) in [6.45, 7) is 3.54. The van der Waals surface area contributed by atoms with E-state index in [0.29, 0.717) is 0 Å². The van der Waals surface area contributed by atoms with Crippen molar-refractivity contribution in [3.63, 3.8) is 0 Å². The Hall–Kier alpha value is -2.00. The van der Waals surface area contributed by atoms with Crippen LogP contribution in [0.25, 0.3) is 0 Å². The molecule has 0 spiro atoms. The molecule has 3 heteroatoms. The first-order valence-electron chi connectivity index (χ1n) is 6.87. The Morgan fingerprint density at radius 2 is 1.70 bits per heavy atom. The summed E-state index contributed by atoms with van der Waals surface area (Å²) in [5, 5.41) is 10.1. The van der Waals surface area contributed by atoms with E-state index >= 15 is 0 Å². The minimum atomic E-state index is -0.551. The first kappa shape index (κ1) is 13.0. The topological polar surface area (TPSA) is 32.7 Å². The van der Waals surface area contributed by atoms with E-state index in [4.69, 9.17) is 4.74 Å². The number of ether oxygens (including phenoxy) is 1. The number of aliphatic hydroxyl groups excluding tert-OH is 1. The number of benzene rings is 2. The summed E-state index contributed by atoms with van der Waals surface area (Å²) in [4.78, 5) is 2.29. The highest BCUT2D eigenvalue weighted by molar-refractivity contribution is 5.62. The number of rotatable bonds is 3. The highest BCUT2D eigenvalue weighted by Crippen LogP contribution is 2.38. The van der Waals surface area contributed by atoms with E-state index in [1.165, 1.54) is 11.1 Å². The van der Waals surface area contributed by atoms with Gasteiger partial charge >= 0.3 is 0 Å². The van der Waals surface area contributed by atoms with Crippen LogP contribution in [0.1, 0.15) is 29.7 Å². The zero-order chi connectivity index (χ0) is 14.1. The minimum Gasteiger partial charge on any atom is -0.496 e. The van der Waals surface area contributed by atoms with Crippen molar-refractivity contribution in [1.82, 2.24) is 0 Å². The molecule has 0 unspecified atom stereocenters. The van der Waals surface area contributed by atoms with Gasteiger partial charge in [-0.3, -0.25) is 0 Å². The number of hydrogen-bond donors (Lipinski definition) is 1. The fraction of sp³-hybridized carbons (Fsp3) is 0.294. The van der Waals surface area contributed by atoms with Gasteiger partial charge in [0.25, 0.3) is 0 Å². The highest BCUT2D eigenvalue weighted by atomic mass is 16.5. The van der Waals surface area contributed by atoms with Crippen LogP contribution < -0.4 is 9.64 Å². The van der Waals surface area contributed by atoms with Crippen LogP contribution in [0, 0.1) is 0 Å². The summed E-state index contributed by atoms with van der Waals surface area (Å²) in [6.07, 6.45) is -0.551. The minimum absolute atomic E-state index is 0.551. The second-order valence-electron chi connectivity index (χ2n) is 5.19. The first-order chi connectivity index (χ1) is 9.70. The Morgan fingerprint density at radius 1 is 1.05 bits per heavy atom. The molecule has 0 aliphatic carbocycles. The monoisotopic (exact) mass is 269 g/mol. The predicted octanol–water partition coefficient (Wildman–Crippen LogP) is 3.27. The van der Waals surface area contributed by atoms with Gasteiger partial charge in [0.2, 0.25) is 0 Å². The van der Waals surface area contributed by atoms with Crippen LogP contribution in [-0.2, 0) is 13.1 Å². The summed E-state index contributed by atoms with van der Waals surface area (Å²) < 4.78 is 5.40.